The van der Waals surface area contributed by atoms with Gasteiger partial charge >= 0.3 is 5.97 Å². The molecule has 2 aromatic carbocycles. The number of benzene rings is 2. The first-order valence-electron chi connectivity index (χ1n) is 8.23. The molecule has 0 aliphatic rings. The molecule has 2 rings (SSSR count). The minimum absolute atomic E-state index is 0.147. The van der Waals surface area contributed by atoms with Gasteiger partial charge in [0, 0.05) is 11.1 Å². The Labute approximate surface area is 167 Å². The van der Waals surface area contributed by atoms with Crippen molar-refractivity contribution < 1.29 is 23.9 Å². The quantitative estimate of drug-likeness (QED) is 0.440. The lowest BCUT2D eigenvalue weighted by atomic mass is 10.1. The van der Waals surface area contributed by atoms with E-state index in [1.807, 2.05) is 31.2 Å². The van der Waals surface area contributed by atoms with Crippen LogP contribution in [-0.2, 0) is 14.3 Å². The lowest BCUT2D eigenvalue weighted by Crippen LogP contribution is -2.43. The van der Waals surface area contributed by atoms with E-state index in [1.54, 1.807) is 12.1 Å². The number of amides is 2. The molecule has 0 unspecified atom stereocenters. The SMILES string of the molecule is COc1ccc(Cl)cc1C(=O)NNC(=O)COC(=O)/C=C/c1cccc(C)c1. The van der Waals surface area contributed by atoms with Gasteiger partial charge in [0.2, 0.25) is 0 Å². The van der Waals surface area contributed by atoms with Gasteiger partial charge in [0.25, 0.3) is 11.8 Å². The molecule has 2 aromatic rings. The summed E-state index contributed by atoms with van der Waals surface area (Å²) < 4.78 is 9.89. The van der Waals surface area contributed by atoms with Crippen LogP contribution in [0.2, 0.25) is 5.02 Å². The second-order valence-corrected chi connectivity index (χ2v) is 6.14. The zero-order valence-electron chi connectivity index (χ0n) is 15.3. The van der Waals surface area contributed by atoms with E-state index in [0.717, 1.165) is 11.1 Å². The molecule has 0 spiro atoms. The van der Waals surface area contributed by atoms with E-state index in [4.69, 9.17) is 21.1 Å². The highest BCUT2D eigenvalue weighted by Gasteiger charge is 2.14. The Morgan fingerprint density at radius 3 is 2.61 bits per heavy atom. The van der Waals surface area contributed by atoms with E-state index in [2.05, 4.69) is 10.9 Å². The van der Waals surface area contributed by atoms with Crippen LogP contribution in [-0.4, -0.2) is 31.5 Å². The first-order chi connectivity index (χ1) is 13.4. The Kier molecular flexibility index (Phi) is 7.59. The molecule has 28 heavy (non-hydrogen) atoms. The van der Waals surface area contributed by atoms with Crippen molar-refractivity contribution in [3.8, 4) is 5.75 Å². The fourth-order valence-corrected chi connectivity index (χ4v) is 2.38. The summed E-state index contributed by atoms with van der Waals surface area (Å²) in [6.45, 7) is 1.39. The third-order valence-electron chi connectivity index (χ3n) is 3.52. The maximum absolute atomic E-state index is 12.1. The molecule has 0 radical (unpaired) electrons. The molecular weight excluding hydrogens is 384 g/mol. The standard InChI is InChI=1S/C20H19ClN2O5/c1-13-4-3-5-14(10-13)6-9-19(25)28-12-18(24)22-23-20(26)16-11-15(21)7-8-17(16)27-2/h3-11H,12H2,1-2H3,(H,22,24)(H,23,26)/b9-6+. The number of rotatable bonds is 6. The first kappa shape index (κ1) is 21.0. The van der Waals surface area contributed by atoms with Crippen LogP contribution in [0.4, 0.5) is 0 Å². The van der Waals surface area contributed by atoms with Gasteiger partial charge in [-0.25, -0.2) is 4.79 Å². The minimum Gasteiger partial charge on any atom is -0.496 e. The van der Waals surface area contributed by atoms with Crippen molar-refractivity contribution in [1.29, 1.82) is 0 Å². The predicted octanol–water partition coefficient (Wildman–Crippen LogP) is 2.67. The van der Waals surface area contributed by atoms with Crippen molar-refractivity contribution >= 4 is 35.5 Å². The molecule has 0 atom stereocenters. The van der Waals surface area contributed by atoms with Gasteiger partial charge in [-0.3, -0.25) is 20.4 Å². The average molecular weight is 403 g/mol. The topological polar surface area (TPSA) is 93.7 Å². The van der Waals surface area contributed by atoms with Gasteiger partial charge in [-0.15, -0.1) is 0 Å². The lowest BCUT2D eigenvalue weighted by molar-refractivity contribution is -0.144. The number of methoxy groups -OCH3 is 1. The number of hydrogen-bond donors (Lipinski definition) is 2. The Balaban J connectivity index is 1.80. The van der Waals surface area contributed by atoms with E-state index in [9.17, 15) is 14.4 Å². The van der Waals surface area contributed by atoms with Crippen molar-refractivity contribution in [2.75, 3.05) is 13.7 Å². The highest BCUT2D eigenvalue weighted by atomic mass is 35.5. The number of nitrogens with one attached hydrogen (secondary N) is 2. The minimum atomic E-state index is -0.702. The fraction of sp³-hybridized carbons (Fsp3) is 0.150. The largest absolute Gasteiger partial charge is 0.496 e. The summed E-state index contributed by atoms with van der Waals surface area (Å²) in [6, 6.07) is 12.0. The molecule has 0 aliphatic carbocycles. The molecule has 0 saturated heterocycles. The van der Waals surface area contributed by atoms with E-state index >= 15 is 0 Å². The maximum atomic E-state index is 12.1. The highest BCUT2D eigenvalue weighted by Crippen LogP contribution is 2.22. The average Bonchev–Trinajstić information content (AvgIpc) is 2.68. The van der Waals surface area contributed by atoms with Crippen LogP contribution in [0.15, 0.2) is 48.5 Å². The number of hydrogen-bond acceptors (Lipinski definition) is 5. The van der Waals surface area contributed by atoms with Crippen LogP contribution < -0.4 is 15.6 Å². The van der Waals surface area contributed by atoms with E-state index < -0.39 is 24.4 Å². The number of hydrazine groups is 1. The Morgan fingerprint density at radius 2 is 1.89 bits per heavy atom. The number of ether oxygens (including phenoxy) is 2. The number of aryl methyl sites for hydroxylation is 1. The first-order valence-corrected chi connectivity index (χ1v) is 8.61. The number of carbonyl (C=O) groups is 3. The summed E-state index contributed by atoms with van der Waals surface area (Å²) in [4.78, 5) is 35.5. The summed E-state index contributed by atoms with van der Waals surface area (Å²) >= 11 is 5.86. The molecule has 0 heterocycles. The lowest BCUT2D eigenvalue weighted by Gasteiger charge is -2.10. The van der Waals surface area contributed by atoms with Gasteiger partial charge in [0.15, 0.2) is 6.61 Å². The molecule has 0 aromatic heterocycles. The monoisotopic (exact) mass is 402 g/mol. The normalized spacial score (nSPS) is 10.4. The molecule has 2 N–H and O–H groups in total. The maximum Gasteiger partial charge on any atom is 0.331 e. The third-order valence-corrected chi connectivity index (χ3v) is 3.76. The van der Waals surface area contributed by atoms with E-state index in [1.165, 1.54) is 25.3 Å². The van der Waals surface area contributed by atoms with E-state index in [-0.39, 0.29) is 5.56 Å². The van der Waals surface area contributed by atoms with Gasteiger partial charge in [-0.05, 0) is 36.8 Å². The van der Waals surface area contributed by atoms with Gasteiger partial charge in [-0.2, -0.15) is 0 Å². The zero-order chi connectivity index (χ0) is 20.5. The van der Waals surface area contributed by atoms with Crippen molar-refractivity contribution in [1.82, 2.24) is 10.9 Å². The zero-order valence-corrected chi connectivity index (χ0v) is 16.1. The molecule has 0 aliphatic heterocycles. The Morgan fingerprint density at radius 1 is 1.11 bits per heavy atom. The molecule has 7 nitrogen and oxygen atoms in total. The van der Waals surface area contributed by atoms with Crippen LogP contribution in [0.25, 0.3) is 6.08 Å². The predicted molar refractivity (Wildman–Crippen MR) is 105 cm³/mol. The van der Waals surface area contributed by atoms with Crippen LogP contribution in [0, 0.1) is 6.92 Å². The number of carbonyl (C=O) groups excluding carboxylic acids is 3. The Hall–Kier alpha value is -3.32. The van der Waals surface area contributed by atoms with Gasteiger partial charge in [-0.1, -0.05) is 41.4 Å². The molecule has 0 fully saturated rings. The summed E-state index contributed by atoms with van der Waals surface area (Å²) in [6.07, 6.45) is 2.80. The van der Waals surface area contributed by atoms with Crippen LogP contribution >= 0.6 is 11.6 Å². The molecule has 2 amide bonds. The van der Waals surface area contributed by atoms with E-state index in [0.29, 0.717) is 10.8 Å². The third kappa shape index (κ3) is 6.44. The Bertz CT molecular complexity index is 911. The summed E-state index contributed by atoms with van der Waals surface area (Å²) in [5.41, 5.74) is 6.39. The molecule has 0 bridgehead atoms. The van der Waals surface area contributed by atoms with Crippen molar-refractivity contribution in [3.05, 3.63) is 70.3 Å². The summed E-state index contributed by atoms with van der Waals surface area (Å²) in [5.74, 6) is -1.71. The van der Waals surface area contributed by atoms with Crippen LogP contribution in [0.1, 0.15) is 21.5 Å². The van der Waals surface area contributed by atoms with Crippen LogP contribution in [0.5, 0.6) is 5.75 Å². The van der Waals surface area contributed by atoms with Crippen molar-refractivity contribution in [2.24, 2.45) is 0 Å². The van der Waals surface area contributed by atoms with Gasteiger partial charge in [0.05, 0.1) is 12.7 Å². The summed E-state index contributed by atoms with van der Waals surface area (Å²) in [5, 5.41) is 0.339. The van der Waals surface area contributed by atoms with Crippen LogP contribution in [0.3, 0.4) is 0 Å². The summed E-state index contributed by atoms with van der Waals surface area (Å²) in [7, 11) is 1.41. The molecule has 0 saturated carbocycles. The van der Waals surface area contributed by atoms with Gasteiger partial charge in [0.1, 0.15) is 5.75 Å². The highest BCUT2D eigenvalue weighted by molar-refractivity contribution is 6.31. The van der Waals surface area contributed by atoms with Crippen molar-refractivity contribution in [2.45, 2.75) is 6.92 Å². The second kappa shape index (κ2) is 10.1. The smallest absolute Gasteiger partial charge is 0.331 e. The fourth-order valence-electron chi connectivity index (χ4n) is 2.21. The molecule has 146 valence electrons. The number of esters is 1. The molecule has 8 heteroatoms. The second-order valence-electron chi connectivity index (χ2n) is 5.70. The van der Waals surface area contributed by atoms with Gasteiger partial charge < -0.3 is 9.47 Å². The number of halogens is 1. The van der Waals surface area contributed by atoms with Crippen molar-refractivity contribution in [3.63, 3.8) is 0 Å². The molecular formula is C20H19ClN2O5.